The van der Waals surface area contributed by atoms with Gasteiger partial charge in [-0.25, -0.2) is 9.97 Å². The van der Waals surface area contributed by atoms with Crippen molar-refractivity contribution in [1.29, 1.82) is 0 Å². The Morgan fingerprint density at radius 1 is 0.958 bits per heavy atom. The molecule has 2 aromatic carbocycles. The van der Waals surface area contributed by atoms with Gasteiger partial charge in [0.05, 0.1) is 12.4 Å². The summed E-state index contributed by atoms with van der Waals surface area (Å²) in [7, 11) is 0. The van der Waals surface area contributed by atoms with Gasteiger partial charge in [-0.15, -0.1) is 0 Å². The molecule has 2 N–H and O–H groups in total. The van der Waals surface area contributed by atoms with E-state index in [9.17, 15) is 4.79 Å². The number of nitrogens with one attached hydrogen (secondary N) is 2. The first kappa shape index (κ1) is 16.0. The first-order valence-electron chi connectivity index (χ1n) is 7.38. The molecule has 0 saturated carbocycles. The number of benzene rings is 2. The van der Waals surface area contributed by atoms with Crippen molar-refractivity contribution in [3.63, 3.8) is 0 Å². The summed E-state index contributed by atoms with van der Waals surface area (Å²) >= 11 is 6.11. The van der Waals surface area contributed by atoms with Gasteiger partial charge >= 0.3 is 0 Å². The smallest absolute Gasteiger partial charge is 0.275 e. The molecule has 0 spiro atoms. The molecular formula is C18H15ClN4O. The highest BCUT2D eigenvalue weighted by Gasteiger charge is 2.08. The molecule has 0 aliphatic carbocycles. The van der Waals surface area contributed by atoms with Gasteiger partial charge in [-0.2, -0.15) is 0 Å². The molecule has 0 radical (unpaired) electrons. The van der Waals surface area contributed by atoms with E-state index in [-0.39, 0.29) is 11.6 Å². The number of aromatic nitrogens is 2. The van der Waals surface area contributed by atoms with Gasteiger partial charge in [-0.05, 0) is 23.8 Å². The lowest BCUT2D eigenvalue weighted by Gasteiger charge is -2.08. The molecule has 3 rings (SSSR count). The van der Waals surface area contributed by atoms with Gasteiger partial charge in [-0.1, -0.05) is 48.0 Å². The van der Waals surface area contributed by atoms with E-state index >= 15 is 0 Å². The standard InChI is InChI=1S/C18H15ClN4O/c19-15-9-5-4-6-13(15)10-21-17-12-20-16(11-22-17)18(24)23-14-7-2-1-3-8-14/h1-9,11-12H,10H2,(H,21,22)(H,23,24). The second kappa shape index (κ2) is 7.57. The molecule has 0 unspecified atom stereocenters. The fourth-order valence-electron chi connectivity index (χ4n) is 2.08. The number of rotatable bonds is 5. The quantitative estimate of drug-likeness (QED) is 0.738. The molecule has 1 heterocycles. The van der Waals surface area contributed by atoms with Crippen molar-refractivity contribution in [3.05, 3.63) is 83.3 Å². The number of carbonyl (C=O) groups is 1. The molecule has 5 nitrogen and oxygen atoms in total. The van der Waals surface area contributed by atoms with Crippen molar-refractivity contribution in [2.75, 3.05) is 10.6 Å². The summed E-state index contributed by atoms with van der Waals surface area (Å²) in [6.07, 6.45) is 2.96. The van der Waals surface area contributed by atoms with Crippen molar-refractivity contribution in [1.82, 2.24) is 9.97 Å². The molecule has 0 atom stereocenters. The highest BCUT2D eigenvalue weighted by atomic mass is 35.5. The lowest BCUT2D eigenvalue weighted by molar-refractivity contribution is 0.102. The van der Waals surface area contributed by atoms with Crippen molar-refractivity contribution >= 4 is 29.0 Å². The summed E-state index contributed by atoms with van der Waals surface area (Å²) in [6, 6.07) is 16.8. The molecule has 0 saturated heterocycles. The van der Waals surface area contributed by atoms with E-state index in [1.165, 1.54) is 12.4 Å². The molecule has 0 aliphatic heterocycles. The summed E-state index contributed by atoms with van der Waals surface area (Å²) < 4.78 is 0. The van der Waals surface area contributed by atoms with Gasteiger partial charge < -0.3 is 10.6 Å². The Morgan fingerprint density at radius 2 is 1.71 bits per heavy atom. The van der Waals surface area contributed by atoms with Crippen LogP contribution in [0.2, 0.25) is 5.02 Å². The van der Waals surface area contributed by atoms with E-state index in [1.54, 1.807) is 0 Å². The second-order valence-electron chi connectivity index (χ2n) is 5.05. The van der Waals surface area contributed by atoms with E-state index in [2.05, 4.69) is 20.6 Å². The van der Waals surface area contributed by atoms with Crippen LogP contribution in [-0.4, -0.2) is 15.9 Å². The van der Waals surface area contributed by atoms with Crippen molar-refractivity contribution in [2.45, 2.75) is 6.54 Å². The molecule has 0 fully saturated rings. The van der Waals surface area contributed by atoms with Crippen LogP contribution in [0.15, 0.2) is 67.0 Å². The highest BCUT2D eigenvalue weighted by Crippen LogP contribution is 2.16. The molecule has 3 aromatic rings. The lowest BCUT2D eigenvalue weighted by atomic mass is 10.2. The van der Waals surface area contributed by atoms with Gasteiger partial charge in [0, 0.05) is 17.3 Å². The van der Waals surface area contributed by atoms with Crippen LogP contribution in [0.5, 0.6) is 0 Å². The highest BCUT2D eigenvalue weighted by molar-refractivity contribution is 6.31. The summed E-state index contributed by atoms with van der Waals surface area (Å²) in [5.74, 6) is 0.275. The number of amides is 1. The lowest BCUT2D eigenvalue weighted by Crippen LogP contribution is -2.14. The number of hydrogen-bond acceptors (Lipinski definition) is 4. The van der Waals surface area contributed by atoms with Crippen LogP contribution in [-0.2, 0) is 6.54 Å². The predicted octanol–water partition coefficient (Wildman–Crippen LogP) is 3.99. The minimum atomic E-state index is -0.300. The van der Waals surface area contributed by atoms with E-state index in [0.717, 1.165) is 5.56 Å². The number of nitrogens with zero attached hydrogens (tertiary/aromatic N) is 2. The van der Waals surface area contributed by atoms with Gasteiger partial charge in [0.2, 0.25) is 0 Å². The molecular weight excluding hydrogens is 324 g/mol. The third-order valence-corrected chi connectivity index (χ3v) is 3.70. The summed E-state index contributed by atoms with van der Waals surface area (Å²) in [5, 5.41) is 6.58. The zero-order chi connectivity index (χ0) is 16.8. The van der Waals surface area contributed by atoms with Crippen LogP contribution in [0, 0.1) is 0 Å². The van der Waals surface area contributed by atoms with Crippen LogP contribution in [0.1, 0.15) is 16.1 Å². The van der Waals surface area contributed by atoms with Gasteiger partial charge in [0.1, 0.15) is 11.5 Å². The van der Waals surface area contributed by atoms with Crippen molar-refractivity contribution < 1.29 is 4.79 Å². The average Bonchev–Trinajstić information content (AvgIpc) is 2.62. The zero-order valence-electron chi connectivity index (χ0n) is 12.7. The molecule has 0 bridgehead atoms. The first-order valence-corrected chi connectivity index (χ1v) is 7.76. The molecule has 6 heteroatoms. The summed E-state index contributed by atoms with van der Waals surface area (Å²) in [6.45, 7) is 0.532. The number of anilines is 2. The summed E-state index contributed by atoms with van der Waals surface area (Å²) in [4.78, 5) is 20.4. The Hall–Kier alpha value is -2.92. The van der Waals surface area contributed by atoms with Crippen LogP contribution >= 0.6 is 11.6 Å². The molecule has 1 aromatic heterocycles. The van der Waals surface area contributed by atoms with E-state index < -0.39 is 0 Å². The van der Waals surface area contributed by atoms with Gasteiger partial charge in [0.25, 0.3) is 5.91 Å². The maximum atomic E-state index is 12.1. The Balaban J connectivity index is 1.61. The molecule has 0 aliphatic rings. The minimum Gasteiger partial charge on any atom is -0.365 e. The Kier molecular flexibility index (Phi) is 5.03. The maximum Gasteiger partial charge on any atom is 0.275 e. The Labute approximate surface area is 144 Å². The number of hydrogen-bond donors (Lipinski definition) is 2. The van der Waals surface area contributed by atoms with Crippen LogP contribution in [0.4, 0.5) is 11.5 Å². The third kappa shape index (κ3) is 4.08. The largest absolute Gasteiger partial charge is 0.365 e. The van der Waals surface area contributed by atoms with E-state index in [1.807, 2.05) is 54.6 Å². The molecule has 24 heavy (non-hydrogen) atoms. The number of para-hydroxylation sites is 1. The normalized spacial score (nSPS) is 10.2. The fraction of sp³-hybridized carbons (Fsp3) is 0.0556. The molecule has 120 valence electrons. The Bertz CT molecular complexity index is 822. The Morgan fingerprint density at radius 3 is 2.42 bits per heavy atom. The van der Waals surface area contributed by atoms with Crippen molar-refractivity contribution in [2.24, 2.45) is 0 Å². The number of carbonyl (C=O) groups excluding carboxylic acids is 1. The molecule has 1 amide bonds. The van der Waals surface area contributed by atoms with Crippen molar-refractivity contribution in [3.8, 4) is 0 Å². The second-order valence-corrected chi connectivity index (χ2v) is 5.46. The monoisotopic (exact) mass is 338 g/mol. The summed E-state index contributed by atoms with van der Waals surface area (Å²) in [5.41, 5.74) is 1.93. The minimum absolute atomic E-state index is 0.252. The van der Waals surface area contributed by atoms with Crippen LogP contribution < -0.4 is 10.6 Å². The van der Waals surface area contributed by atoms with Gasteiger partial charge in [-0.3, -0.25) is 4.79 Å². The zero-order valence-corrected chi connectivity index (χ0v) is 13.5. The topological polar surface area (TPSA) is 66.9 Å². The maximum absolute atomic E-state index is 12.1. The van der Waals surface area contributed by atoms with E-state index in [0.29, 0.717) is 23.1 Å². The average molecular weight is 339 g/mol. The van der Waals surface area contributed by atoms with Crippen LogP contribution in [0.25, 0.3) is 0 Å². The fourth-order valence-corrected chi connectivity index (χ4v) is 2.28. The third-order valence-electron chi connectivity index (χ3n) is 3.33. The predicted molar refractivity (Wildman–Crippen MR) is 95.2 cm³/mol. The number of halogens is 1. The first-order chi connectivity index (χ1) is 11.7. The van der Waals surface area contributed by atoms with Gasteiger partial charge in [0.15, 0.2) is 0 Å². The SMILES string of the molecule is O=C(Nc1ccccc1)c1cnc(NCc2ccccc2Cl)cn1. The van der Waals surface area contributed by atoms with E-state index in [4.69, 9.17) is 11.6 Å². The van der Waals surface area contributed by atoms with Crippen LogP contribution in [0.3, 0.4) is 0 Å².